The first-order chi connectivity index (χ1) is 12.5. The molecule has 1 aliphatic carbocycles. The summed E-state index contributed by atoms with van der Waals surface area (Å²) in [5.41, 5.74) is 1.12. The van der Waals surface area contributed by atoms with Gasteiger partial charge in [-0.2, -0.15) is 0 Å². The third-order valence-electron chi connectivity index (χ3n) is 4.95. The molecule has 0 radical (unpaired) electrons. The fourth-order valence-electron chi connectivity index (χ4n) is 3.24. The SMILES string of the molecule is CC(C)CCc1nnc(CCC(=O)N[C@@H](C)c2ccccc2)n1C1CC1. The monoisotopic (exact) mass is 354 g/mol. The molecule has 0 bridgehead atoms. The lowest BCUT2D eigenvalue weighted by atomic mass is 10.1. The average molecular weight is 354 g/mol. The van der Waals surface area contributed by atoms with Crippen LogP contribution in [0.15, 0.2) is 30.3 Å². The number of hydrogen-bond donors (Lipinski definition) is 1. The second kappa shape index (κ2) is 8.47. The van der Waals surface area contributed by atoms with Crippen LogP contribution >= 0.6 is 0 Å². The van der Waals surface area contributed by atoms with E-state index < -0.39 is 0 Å². The molecular formula is C21H30N4O. The van der Waals surface area contributed by atoms with Gasteiger partial charge >= 0.3 is 0 Å². The minimum atomic E-state index is 0.0200. The molecule has 0 aliphatic heterocycles. The Balaban J connectivity index is 1.56. The van der Waals surface area contributed by atoms with Crippen LogP contribution in [0.25, 0.3) is 0 Å². The van der Waals surface area contributed by atoms with Gasteiger partial charge in [0.05, 0.1) is 6.04 Å². The summed E-state index contributed by atoms with van der Waals surface area (Å²) in [5, 5.41) is 11.9. The second-order valence-corrected chi connectivity index (χ2v) is 7.77. The molecule has 3 rings (SSSR count). The standard InChI is InChI=1S/C21H30N4O/c1-15(2)9-12-19-23-24-20(25(19)18-10-11-18)13-14-21(26)22-16(3)17-7-5-4-6-8-17/h4-8,15-16,18H,9-14H2,1-3H3,(H,22,26)/t16-/m0/s1. The molecule has 0 spiro atoms. The molecule has 1 aromatic heterocycles. The Morgan fingerprint density at radius 2 is 1.77 bits per heavy atom. The lowest BCUT2D eigenvalue weighted by Crippen LogP contribution is -2.27. The number of carbonyl (C=O) groups excluding carboxylic acids is 1. The maximum Gasteiger partial charge on any atom is 0.220 e. The highest BCUT2D eigenvalue weighted by Crippen LogP contribution is 2.37. The van der Waals surface area contributed by atoms with Crippen LogP contribution in [0.4, 0.5) is 0 Å². The summed E-state index contributed by atoms with van der Waals surface area (Å²) < 4.78 is 2.30. The predicted octanol–water partition coefficient (Wildman–Crippen LogP) is 4.01. The molecule has 26 heavy (non-hydrogen) atoms. The summed E-state index contributed by atoms with van der Waals surface area (Å²) in [4.78, 5) is 12.4. The molecule has 1 aromatic carbocycles. The van der Waals surface area contributed by atoms with Crippen molar-refractivity contribution in [2.75, 3.05) is 0 Å². The van der Waals surface area contributed by atoms with Crippen LogP contribution in [0.5, 0.6) is 0 Å². The van der Waals surface area contributed by atoms with Gasteiger partial charge in [0, 0.05) is 25.3 Å². The van der Waals surface area contributed by atoms with Crippen molar-refractivity contribution < 1.29 is 4.79 Å². The molecule has 2 aromatic rings. The molecule has 1 amide bonds. The first-order valence-corrected chi connectivity index (χ1v) is 9.81. The molecule has 1 N–H and O–H groups in total. The minimum absolute atomic E-state index is 0.0200. The molecule has 1 atom stereocenters. The van der Waals surface area contributed by atoms with Gasteiger partial charge in [-0.1, -0.05) is 44.2 Å². The van der Waals surface area contributed by atoms with Crippen molar-refractivity contribution >= 4 is 5.91 Å². The highest BCUT2D eigenvalue weighted by atomic mass is 16.1. The van der Waals surface area contributed by atoms with Crippen molar-refractivity contribution in [3.8, 4) is 0 Å². The number of carbonyl (C=O) groups is 1. The van der Waals surface area contributed by atoms with E-state index in [1.165, 1.54) is 12.8 Å². The number of hydrogen-bond acceptors (Lipinski definition) is 3. The Hall–Kier alpha value is -2.17. The summed E-state index contributed by atoms with van der Waals surface area (Å²) in [6.45, 7) is 6.48. The second-order valence-electron chi connectivity index (χ2n) is 7.77. The van der Waals surface area contributed by atoms with Crippen molar-refractivity contribution in [3.05, 3.63) is 47.5 Å². The molecule has 5 heteroatoms. The van der Waals surface area contributed by atoms with Crippen LogP contribution in [0.1, 0.15) is 75.8 Å². The van der Waals surface area contributed by atoms with E-state index in [9.17, 15) is 4.79 Å². The number of nitrogens with zero attached hydrogens (tertiary/aromatic N) is 3. The van der Waals surface area contributed by atoms with E-state index in [2.05, 4.69) is 33.9 Å². The third-order valence-corrected chi connectivity index (χ3v) is 4.95. The number of aromatic nitrogens is 3. The van der Waals surface area contributed by atoms with Gasteiger partial charge in [0.1, 0.15) is 11.6 Å². The number of amides is 1. The van der Waals surface area contributed by atoms with Crippen molar-refractivity contribution in [2.45, 2.75) is 71.4 Å². The van der Waals surface area contributed by atoms with Crippen LogP contribution < -0.4 is 5.32 Å². The zero-order chi connectivity index (χ0) is 18.5. The van der Waals surface area contributed by atoms with E-state index >= 15 is 0 Å². The van der Waals surface area contributed by atoms with Gasteiger partial charge in [-0.15, -0.1) is 10.2 Å². The van der Waals surface area contributed by atoms with Crippen LogP contribution in [0, 0.1) is 5.92 Å². The van der Waals surface area contributed by atoms with Gasteiger partial charge in [0.15, 0.2) is 0 Å². The largest absolute Gasteiger partial charge is 0.350 e. The van der Waals surface area contributed by atoms with Gasteiger partial charge < -0.3 is 9.88 Å². The average Bonchev–Trinajstić information content (AvgIpc) is 3.39. The van der Waals surface area contributed by atoms with Crippen molar-refractivity contribution in [1.82, 2.24) is 20.1 Å². The molecule has 0 saturated heterocycles. The molecule has 0 unspecified atom stereocenters. The molecule has 140 valence electrons. The fourth-order valence-corrected chi connectivity index (χ4v) is 3.24. The van der Waals surface area contributed by atoms with E-state index in [-0.39, 0.29) is 11.9 Å². The Morgan fingerprint density at radius 3 is 2.38 bits per heavy atom. The van der Waals surface area contributed by atoms with E-state index in [1.807, 2.05) is 37.3 Å². The van der Waals surface area contributed by atoms with Gasteiger partial charge in [-0.25, -0.2) is 0 Å². The summed E-state index contributed by atoms with van der Waals surface area (Å²) >= 11 is 0. The molecule has 1 fully saturated rings. The first-order valence-electron chi connectivity index (χ1n) is 9.81. The fraction of sp³-hybridized carbons (Fsp3) is 0.571. The molecule has 1 saturated carbocycles. The summed E-state index contributed by atoms with van der Waals surface area (Å²) in [6, 6.07) is 10.6. The molecule has 1 aliphatic rings. The maximum atomic E-state index is 12.4. The summed E-state index contributed by atoms with van der Waals surface area (Å²) in [5.74, 6) is 2.78. The minimum Gasteiger partial charge on any atom is -0.350 e. The summed E-state index contributed by atoms with van der Waals surface area (Å²) in [7, 11) is 0. The highest BCUT2D eigenvalue weighted by Gasteiger charge is 2.29. The van der Waals surface area contributed by atoms with Gasteiger partial charge in [-0.3, -0.25) is 4.79 Å². The zero-order valence-corrected chi connectivity index (χ0v) is 16.1. The number of nitrogens with one attached hydrogen (secondary N) is 1. The maximum absolute atomic E-state index is 12.4. The zero-order valence-electron chi connectivity index (χ0n) is 16.1. The third kappa shape index (κ3) is 4.93. The van der Waals surface area contributed by atoms with Gasteiger partial charge in [0.2, 0.25) is 5.91 Å². The van der Waals surface area contributed by atoms with E-state index in [0.29, 0.717) is 24.8 Å². The topological polar surface area (TPSA) is 59.8 Å². The lowest BCUT2D eigenvalue weighted by Gasteiger charge is -2.14. The Morgan fingerprint density at radius 1 is 1.12 bits per heavy atom. The van der Waals surface area contributed by atoms with Crippen LogP contribution in [0.2, 0.25) is 0 Å². The molecular weight excluding hydrogens is 324 g/mol. The first kappa shape index (κ1) is 18.6. The van der Waals surface area contributed by atoms with Crippen LogP contribution in [-0.2, 0) is 17.6 Å². The van der Waals surface area contributed by atoms with E-state index in [4.69, 9.17) is 0 Å². The molecule has 5 nitrogen and oxygen atoms in total. The normalized spacial score (nSPS) is 15.2. The highest BCUT2D eigenvalue weighted by molar-refractivity contribution is 5.76. The number of rotatable bonds is 9. The Bertz CT molecular complexity index is 719. The number of aryl methyl sites for hydroxylation is 2. The summed E-state index contributed by atoms with van der Waals surface area (Å²) in [6.07, 6.45) is 5.61. The van der Waals surface area contributed by atoms with Crippen LogP contribution in [-0.4, -0.2) is 20.7 Å². The predicted molar refractivity (Wildman–Crippen MR) is 103 cm³/mol. The Labute approximate surface area is 156 Å². The van der Waals surface area contributed by atoms with Gasteiger partial charge in [0.25, 0.3) is 0 Å². The quantitative estimate of drug-likeness (QED) is 0.740. The van der Waals surface area contributed by atoms with Crippen molar-refractivity contribution in [1.29, 1.82) is 0 Å². The van der Waals surface area contributed by atoms with Crippen LogP contribution in [0.3, 0.4) is 0 Å². The van der Waals surface area contributed by atoms with Crippen molar-refractivity contribution in [2.24, 2.45) is 5.92 Å². The number of benzene rings is 1. The Kier molecular flexibility index (Phi) is 6.07. The van der Waals surface area contributed by atoms with Crippen molar-refractivity contribution in [3.63, 3.8) is 0 Å². The molecule has 1 heterocycles. The van der Waals surface area contributed by atoms with E-state index in [0.717, 1.165) is 30.1 Å². The van der Waals surface area contributed by atoms with Gasteiger partial charge in [-0.05, 0) is 37.7 Å². The van der Waals surface area contributed by atoms with E-state index in [1.54, 1.807) is 0 Å². The lowest BCUT2D eigenvalue weighted by molar-refractivity contribution is -0.121. The smallest absolute Gasteiger partial charge is 0.220 e.